The first kappa shape index (κ1) is 9.36. The van der Waals surface area contributed by atoms with Gasteiger partial charge in [0, 0.05) is 19.2 Å². The van der Waals surface area contributed by atoms with Gasteiger partial charge in [0.15, 0.2) is 0 Å². The molecule has 13 heavy (non-hydrogen) atoms. The van der Waals surface area contributed by atoms with Gasteiger partial charge in [0.2, 0.25) is 0 Å². The zero-order valence-electron chi connectivity index (χ0n) is 6.55. The van der Waals surface area contributed by atoms with E-state index in [0.717, 1.165) is 13.7 Å². The number of thiophene rings is 1. The Morgan fingerprint density at radius 1 is 1.54 bits per heavy atom. The third kappa shape index (κ3) is 1.47. The Morgan fingerprint density at radius 3 is 3.00 bits per heavy atom. The lowest BCUT2D eigenvalue weighted by Crippen LogP contribution is -1.91. The zero-order chi connectivity index (χ0) is 9.42. The molecule has 0 atom stereocenters. The fourth-order valence-corrected chi connectivity index (χ4v) is 3.06. The van der Waals surface area contributed by atoms with Crippen LogP contribution in [0.3, 0.4) is 0 Å². The maximum absolute atomic E-state index is 13.3. The lowest BCUT2D eigenvalue weighted by Gasteiger charge is -2.02. The number of hydrogen-bond donors (Lipinski definition) is 1. The van der Waals surface area contributed by atoms with Crippen LogP contribution in [0, 0.1) is 9.39 Å². The quantitative estimate of drug-likeness (QED) is 0.803. The molecular weight excluding hydrogens is 302 g/mol. The molecule has 0 radical (unpaired) electrons. The van der Waals surface area contributed by atoms with Crippen LogP contribution in [0.2, 0.25) is 0 Å². The van der Waals surface area contributed by atoms with Gasteiger partial charge in [-0.25, -0.2) is 4.39 Å². The number of benzene rings is 1. The number of aliphatic hydroxyl groups is 1. The van der Waals surface area contributed by atoms with Gasteiger partial charge in [0.05, 0.1) is 6.61 Å². The van der Waals surface area contributed by atoms with Crippen LogP contribution >= 0.6 is 33.9 Å². The molecule has 1 nitrogen and oxygen atoms in total. The molecule has 2 aromatic rings. The topological polar surface area (TPSA) is 20.2 Å². The highest BCUT2D eigenvalue weighted by atomic mass is 127. The molecule has 1 aromatic carbocycles. The summed E-state index contributed by atoms with van der Waals surface area (Å²) in [5.41, 5.74) is 0.400. The van der Waals surface area contributed by atoms with Gasteiger partial charge in [0.1, 0.15) is 5.82 Å². The van der Waals surface area contributed by atoms with Gasteiger partial charge in [-0.2, -0.15) is 0 Å². The van der Waals surface area contributed by atoms with Crippen molar-refractivity contribution >= 4 is 44.0 Å². The van der Waals surface area contributed by atoms with Gasteiger partial charge in [0.25, 0.3) is 0 Å². The molecule has 1 aromatic heterocycles. The normalized spacial score (nSPS) is 11.0. The minimum atomic E-state index is -0.321. The van der Waals surface area contributed by atoms with Crippen molar-refractivity contribution in [3.05, 3.63) is 32.5 Å². The van der Waals surface area contributed by atoms with Crippen LogP contribution in [0.5, 0.6) is 0 Å². The minimum absolute atomic E-state index is 0.240. The molecule has 0 saturated heterocycles. The van der Waals surface area contributed by atoms with Crippen LogP contribution in [0.1, 0.15) is 5.56 Å². The second-order valence-corrected chi connectivity index (χ2v) is 4.72. The summed E-state index contributed by atoms with van der Waals surface area (Å²) in [5, 5.41) is 11.7. The van der Waals surface area contributed by atoms with E-state index in [0.29, 0.717) is 5.56 Å². The van der Waals surface area contributed by atoms with Crippen molar-refractivity contribution < 1.29 is 9.50 Å². The summed E-state index contributed by atoms with van der Waals surface area (Å²) in [6.45, 7) is -0.240. The lowest BCUT2D eigenvalue weighted by atomic mass is 10.1. The fraction of sp³-hybridized carbons (Fsp3) is 0.111. The molecule has 0 aliphatic rings. The van der Waals surface area contributed by atoms with Crippen LogP contribution < -0.4 is 0 Å². The van der Waals surface area contributed by atoms with E-state index in [4.69, 9.17) is 5.11 Å². The maximum atomic E-state index is 13.3. The summed E-state index contributed by atoms with van der Waals surface area (Å²) in [4.78, 5) is 0. The molecule has 0 aliphatic carbocycles. The van der Waals surface area contributed by atoms with Gasteiger partial charge in [-0.3, -0.25) is 0 Å². The van der Waals surface area contributed by atoms with E-state index in [9.17, 15) is 4.39 Å². The lowest BCUT2D eigenvalue weighted by molar-refractivity contribution is 0.277. The van der Waals surface area contributed by atoms with E-state index < -0.39 is 0 Å². The molecule has 0 aliphatic heterocycles. The van der Waals surface area contributed by atoms with E-state index in [2.05, 4.69) is 22.6 Å². The van der Waals surface area contributed by atoms with Gasteiger partial charge < -0.3 is 5.11 Å². The summed E-state index contributed by atoms with van der Waals surface area (Å²) in [6.07, 6.45) is 0. The molecule has 0 saturated carbocycles. The van der Waals surface area contributed by atoms with Crippen molar-refractivity contribution in [2.24, 2.45) is 0 Å². The minimum Gasteiger partial charge on any atom is -0.392 e. The molecule has 0 spiro atoms. The van der Waals surface area contributed by atoms with E-state index >= 15 is 0 Å². The van der Waals surface area contributed by atoms with Crippen LogP contribution in [-0.4, -0.2) is 5.11 Å². The third-order valence-corrected chi connectivity index (χ3v) is 4.07. The van der Waals surface area contributed by atoms with E-state index in [-0.39, 0.29) is 12.4 Å². The fourth-order valence-electron chi connectivity index (χ4n) is 1.29. The monoisotopic (exact) mass is 308 g/mol. The maximum Gasteiger partial charge on any atom is 0.130 e. The van der Waals surface area contributed by atoms with Crippen molar-refractivity contribution in [2.45, 2.75) is 6.61 Å². The standard InChI is InChI=1S/C9H6FIOS/c10-7-3-8(11)9-5(1-2-13-9)6(7)4-12/h1-3,12H,4H2. The van der Waals surface area contributed by atoms with Crippen molar-refractivity contribution in [3.8, 4) is 0 Å². The Bertz CT molecular complexity index is 452. The highest BCUT2D eigenvalue weighted by Gasteiger charge is 2.10. The summed E-state index contributed by atoms with van der Waals surface area (Å²) in [5.74, 6) is -0.321. The molecule has 0 fully saturated rings. The average molecular weight is 308 g/mol. The molecule has 2 rings (SSSR count). The first-order chi connectivity index (χ1) is 6.24. The van der Waals surface area contributed by atoms with Gasteiger partial charge in [-0.05, 0) is 40.1 Å². The Hall–Kier alpha value is -0.200. The predicted octanol–water partition coefficient (Wildman–Crippen LogP) is 3.14. The second-order valence-electron chi connectivity index (χ2n) is 2.64. The van der Waals surface area contributed by atoms with Crippen molar-refractivity contribution in [3.63, 3.8) is 0 Å². The Kier molecular flexibility index (Phi) is 2.53. The van der Waals surface area contributed by atoms with Gasteiger partial charge in [-0.15, -0.1) is 11.3 Å². The smallest absolute Gasteiger partial charge is 0.130 e. The van der Waals surface area contributed by atoms with Crippen LogP contribution in [0.15, 0.2) is 17.5 Å². The van der Waals surface area contributed by atoms with E-state index in [1.807, 2.05) is 11.4 Å². The molecule has 0 amide bonds. The van der Waals surface area contributed by atoms with Crippen LogP contribution in [-0.2, 0) is 6.61 Å². The number of fused-ring (bicyclic) bond motifs is 1. The number of rotatable bonds is 1. The molecule has 1 N–H and O–H groups in total. The zero-order valence-corrected chi connectivity index (χ0v) is 9.52. The second kappa shape index (κ2) is 3.51. The summed E-state index contributed by atoms with van der Waals surface area (Å²) in [7, 11) is 0. The Balaban J connectivity index is 2.88. The molecule has 0 unspecified atom stereocenters. The van der Waals surface area contributed by atoms with Crippen molar-refractivity contribution in [1.82, 2.24) is 0 Å². The van der Waals surface area contributed by atoms with Gasteiger partial charge >= 0.3 is 0 Å². The highest BCUT2D eigenvalue weighted by molar-refractivity contribution is 14.1. The predicted molar refractivity (Wildman–Crippen MR) is 60.4 cm³/mol. The Labute approximate surface area is 92.3 Å². The molecule has 4 heteroatoms. The first-order valence-electron chi connectivity index (χ1n) is 3.69. The molecule has 68 valence electrons. The highest BCUT2D eigenvalue weighted by Crippen LogP contribution is 2.30. The van der Waals surface area contributed by atoms with E-state index in [1.54, 1.807) is 11.3 Å². The number of aliphatic hydroxyl groups excluding tert-OH is 1. The van der Waals surface area contributed by atoms with Crippen molar-refractivity contribution in [1.29, 1.82) is 0 Å². The number of halogens is 2. The van der Waals surface area contributed by atoms with E-state index in [1.165, 1.54) is 6.07 Å². The molecule has 1 heterocycles. The summed E-state index contributed by atoms with van der Waals surface area (Å²) >= 11 is 3.67. The molecular formula is C9H6FIOS. The van der Waals surface area contributed by atoms with Crippen LogP contribution in [0.4, 0.5) is 4.39 Å². The first-order valence-corrected chi connectivity index (χ1v) is 5.65. The largest absolute Gasteiger partial charge is 0.392 e. The average Bonchev–Trinajstić information content (AvgIpc) is 2.53. The molecule has 0 bridgehead atoms. The SMILES string of the molecule is OCc1c(F)cc(I)c2sccc12. The van der Waals surface area contributed by atoms with Gasteiger partial charge in [-0.1, -0.05) is 0 Å². The Morgan fingerprint density at radius 2 is 2.31 bits per heavy atom. The number of hydrogen-bond acceptors (Lipinski definition) is 2. The summed E-state index contributed by atoms with van der Waals surface area (Å²) in [6, 6.07) is 3.31. The summed E-state index contributed by atoms with van der Waals surface area (Å²) < 4.78 is 15.2. The van der Waals surface area contributed by atoms with Crippen LogP contribution in [0.25, 0.3) is 10.1 Å². The van der Waals surface area contributed by atoms with Crippen molar-refractivity contribution in [2.75, 3.05) is 0 Å². The third-order valence-electron chi connectivity index (χ3n) is 1.91.